The van der Waals surface area contributed by atoms with E-state index in [0.29, 0.717) is 34.5 Å². The van der Waals surface area contributed by atoms with Crippen LogP contribution in [0.5, 0.6) is 11.6 Å². The quantitative estimate of drug-likeness (QED) is 0.508. The molecule has 8 nitrogen and oxygen atoms in total. The number of hydrogen-bond donors (Lipinski definition) is 2. The summed E-state index contributed by atoms with van der Waals surface area (Å²) >= 11 is 0. The number of pyridine rings is 2. The number of nitrogens with two attached hydrogens (primary N) is 1. The molecule has 4 rings (SSSR count). The van der Waals surface area contributed by atoms with Crippen LogP contribution < -0.4 is 15.8 Å². The van der Waals surface area contributed by atoms with Gasteiger partial charge in [-0.3, -0.25) is 4.79 Å². The van der Waals surface area contributed by atoms with E-state index >= 15 is 0 Å². The molecule has 3 aromatic heterocycles. The molecule has 0 unspecified atom stereocenters. The summed E-state index contributed by atoms with van der Waals surface area (Å²) in [5, 5.41) is 7.64. The lowest BCUT2D eigenvalue weighted by atomic mass is 10.2. The lowest BCUT2D eigenvalue weighted by molar-refractivity contribution is 0.100. The minimum atomic E-state index is -0.489. The Bertz CT molecular complexity index is 1220. The highest BCUT2D eigenvalue weighted by Crippen LogP contribution is 2.27. The van der Waals surface area contributed by atoms with Gasteiger partial charge in [0, 0.05) is 35.3 Å². The minimum absolute atomic E-state index is 0.414. The van der Waals surface area contributed by atoms with Crippen molar-refractivity contribution in [3.8, 4) is 17.4 Å². The number of amides is 1. The molecule has 1 amide bonds. The van der Waals surface area contributed by atoms with E-state index in [-0.39, 0.29) is 0 Å². The van der Waals surface area contributed by atoms with E-state index in [1.807, 2.05) is 44.2 Å². The van der Waals surface area contributed by atoms with Crippen molar-refractivity contribution in [2.24, 2.45) is 5.73 Å². The summed E-state index contributed by atoms with van der Waals surface area (Å²) < 4.78 is 7.73. The highest BCUT2D eigenvalue weighted by atomic mass is 16.5. The third-order valence-corrected chi connectivity index (χ3v) is 4.26. The van der Waals surface area contributed by atoms with Gasteiger partial charge in [0.1, 0.15) is 11.6 Å². The van der Waals surface area contributed by atoms with Crippen molar-refractivity contribution in [3.63, 3.8) is 0 Å². The molecule has 0 aliphatic carbocycles. The summed E-state index contributed by atoms with van der Waals surface area (Å²) in [4.78, 5) is 20.2. The van der Waals surface area contributed by atoms with Crippen LogP contribution in [0.25, 0.3) is 5.82 Å². The Morgan fingerprint density at radius 3 is 2.67 bits per heavy atom. The minimum Gasteiger partial charge on any atom is -0.439 e. The number of anilines is 2. The summed E-state index contributed by atoms with van der Waals surface area (Å²) in [7, 11) is 0. The Kier molecular flexibility index (Phi) is 5.13. The van der Waals surface area contributed by atoms with Gasteiger partial charge in [-0.25, -0.2) is 9.97 Å². The number of nitrogens with one attached hydrogen (secondary N) is 1. The highest BCUT2D eigenvalue weighted by molar-refractivity contribution is 5.93. The number of carbonyl (C=O) groups excluding carboxylic acids is 1. The van der Waals surface area contributed by atoms with E-state index in [1.54, 1.807) is 41.2 Å². The first kappa shape index (κ1) is 19.1. The highest BCUT2D eigenvalue weighted by Gasteiger charge is 2.12. The molecule has 0 saturated heterocycles. The molecule has 0 aliphatic rings. The van der Waals surface area contributed by atoms with Gasteiger partial charge < -0.3 is 15.8 Å². The number of aryl methyl sites for hydroxylation is 2. The Balaban J connectivity index is 1.59. The normalized spacial score (nSPS) is 10.6. The molecule has 30 heavy (non-hydrogen) atoms. The molecule has 0 saturated carbocycles. The number of hydrogen-bond acceptors (Lipinski definition) is 6. The fraction of sp³-hybridized carbons (Fsp3) is 0.0909. The van der Waals surface area contributed by atoms with Gasteiger partial charge in [-0.1, -0.05) is 12.1 Å². The summed E-state index contributed by atoms with van der Waals surface area (Å²) in [6, 6.07) is 18.0. The van der Waals surface area contributed by atoms with Crippen molar-refractivity contribution in [2.75, 3.05) is 5.32 Å². The average molecular weight is 400 g/mol. The van der Waals surface area contributed by atoms with Gasteiger partial charge in [0.05, 0.1) is 5.69 Å². The SMILES string of the molecule is Cc1cccc(-n2nc(C)cc2Oc2ccnc(Nc3cccc(C(N)=O)c3)c2)n1. The second kappa shape index (κ2) is 8.04. The molecule has 0 aliphatic heterocycles. The zero-order valence-electron chi connectivity index (χ0n) is 16.5. The van der Waals surface area contributed by atoms with Crippen LogP contribution in [0.4, 0.5) is 11.5 Å². The first-order chi connectivity index (χ1) is 14.5. The van der Waals surface area contributed by atoms with Crippen molar-refractivity contribution in [1.29, 1.82) is 0 Å². The fourth-order valence-corrected chi connectivity index (χ4v) is 2.92. The van der Waals surface area contributed by atoms with Crippen molar-refractivity contribution in [1.82, 2.24) is 19.7 Å². The van der Waals surface area contributed by atoms with Crippen molar-refractivity contribution >= 4 is 17.4 Å². The van der Waals surface area contributed by atoms with Crippen molar-refractivity contribution in [3.05, 3.63) is 83.8 Å². The van der Waals surface area contributed by atoms with Crippen LogP contribution in [-0.4, -0.2) is 25.7 Å². The Labute approximate surface area is 173 Å². The van der Waals surface area contributed by atoms with Crippen LogP contribution >= 0.6 is 0 Å². The topological polar surface area (TPSA) is 108 Å². The molecular weight excluding hydrogens is 380 g/mol. The number of carbonyl (C=O) groups is 1. The maximum absolute atomic E-state index is 11.4. The molecule has 0 fully saturated rings. The standard InChI is InChI=1S/C22H20N6O2/c1-14-5-3-8-20(25-14)28-21(11-15(2)27-28)30-18-9-10-24-19(13-18)26-17-7-4-6-16(12-17)22(23)29/h3-13H,1-2H3,(H2,23,29)(H,24,26). The zero-order chi connectivity index (χ0) is 21.1. The van der Waals surface area contributed by atoms with Gasteiger partial charge in [0.15, 0.2) is 5.82 Å². The molecule has 4 aromatic rings. The maximum Gasteiger partial charge on any atom is 0.248 e. The predicted octanol–water partition coefficient (Wildman–Crippen LogP) is 3.91. The summed E-state index contributed by atoms with van der Waals surface area (Å²) in [6.07, 6.45) is 1.63. The fourth-order valence-electron chi connectivity index (χ4n) is 2.92. The van der Waals surface area contributed by atoms with Crippen LogP contribution in [0, 0.1) is 13.8 Å². The first-order valence-electron chi connectivity index (χ1n) is 9.29. The molecule has 1 aromatic carbocycles. The van der Waals surface area contributed by atoms with Crippen LogP contribution in [0.3, 0.4) is 0 Å². The number of rotatable bonds is 6. The summed E-state index contributed by atoms with van der Waals surface area (Å²) in [6.45, 7) is 3.82. The van der Waals surface area contributed by atoms with Crippen LogP contribution in [0.2, 0.25) is 0 Å². The van der Waals surface area contributed by atoms with Crippen LogP contribution in [0.1, 0.15) is 21.7 Å². The maximum atomic E-state index is 11.4. The number of nitrogens with zero attached hydrogens (tertiary/aromatic N) is 4. The summed E-state index contributed by atoms with van der Waals surface area (Å²) in [5.74, 6) is 1.86. The second-order valence-electron chi connectivity index (χ2n) is 6.72. The molecule has 150 valence electrons. The van der Waals surface area contributed by atoms with E-state index < -0.39 is 5.91 Å². The molecule has 0 radical (unpaired) electrons. The van der Waals surface area contributed by atoms with E-state index in [2.05, 4.69) is 20.4 Å². The number of primary amides is 1. The average Bonchev–Trinajstić information content (AvgIpc) is 3.08. The molecule has 0 spiro atoms. The number of aromatic nitrogens is 4. The monoisotopic (exact) mass is 400 g/mol. The zero-order valence-corrected chi connectivity index (χ0v) is 16.5. The van der Waals surface area contributed by atoms with Gasteiger partial charge >= 0.3 is 0 Å². The van der Waals surface area contributed by atoms with Gasteiger partial charge in [-0.15, -0.1) is 0 Å². The third-order valence-electron chi connectivity index (χ3n) is 4.26. The smallest absolute Gasteiger partial charge is 0.248 e. The Hall–Kier alpha value is -4.20. The number of ether oxygens (including phenoxy) is 1. The van der Waals surface area contributed by atoms with Gasteiger partial charge in [0.25, 0.3) is 0 Å². The van der Waals surface area contributed by atoms with Gasteiger partial charge in [0.2, 0.25) is 11.8 Å². The van der Waals surface area contributed by atoms with E-state index in [1.165, 1.54) is 0 Å². The second-order valence-corrected chi connectivity index (χ2v) is 6.72. The molecule has 3 heterocycles. The molecular formula is C22H20N6O2. The van der Waals surface area contributed by atoms with E-state index in [4.69, 9.17) is 10.5 Å². The lowest BCUT2D eigenvalue weighted by Gasteiger charge is -2.11. The molecule has 8 heteroatoms. The Morgan fingerprint density at radius 2 is 1.87 bits per heavy atom. The Morgan fingerprint density at radius 1 is 1.03 bits per heavy atom. The van der Waals surface area contributed by atoms with Crippen LogP contribution in [-0.2, 0) is 0 Å². The van der Waals surface area contributed by atoms with Crippen molar-refractivity contribution < 1.29 is 9.53 Å². The lowest BCUT2D eigenvalue weighted by Crippen LogP contribution is -2.10. The summed E-state index contributed by atoms with van der Waals surface area (Å²) in [5.41, 5.74) is 8.15. The number of benzene rings is 1. The predicted molar refractivity (Wildman–Crippen MR) is 113 cm³/mol. The third kappa shape index (κ3) is 4.27. The van der Waals surface area contributed by atoms with Gasteiger partial charge in [-0.2, -0.15) is 9.78 Å². The van der Waals surface area contributed by atoms with Crippen molar-refractivity contribution in [2.45, 2.75) is 13.8 Å². The first-order valence-corrected chi connectivity index (χ1v) is 9.29. The van der Waals surface area contributed by atoms with E-state index in [9.17, 15) is 4.79 Å². The van der Waals surface area contributed by atoms with Crippen LogP contribution in [0.15, 0.2) is 66.9 Å². The molecule has 0 atom stereocenters. The van der Waals surface area contributed by atoms with E-state index in [0.717, 1.165) is 11.4 Å². The largest absolute Gasteiger partial charge is 0.439 e. The molecule has 3 N–H and O–H groups in total. The van der Waals surface area contributed by atoms with Gasteiger partial charge in [-0.05, 0) is 50.2 Å². The molecule has 0 bridgehead atoms.